The van der Waals surface area contributed by atoms with Crippen LogP contribution in [0.2, 0.25) is 5.02 Å². The number of halogens is 2. The highest BCUT2D eigenvalue weighted by atomic mass is 79.9. The SMILES string of the molecule is Cc1ccc(-n2nc(C(=O)Nc3cccc4ccccc34)nc2-c2ccc(Br)cc2)cc1Cl. The van der Waals surface area contributed by atoms with Crippen molar-refractivity contribution in [3.63, 3.8) is 0 Å². The molecule has 0 saturated carbocycles. The van der Waals surface area contributed by atoms with Crippen LogP contribution in [0.25, 0.3) is 27.8 Å². The summed E-state index contributed by atoms with van der Waals surface area (Å²) in [7, 11) is 0. The molecule has 162 valence electrons. The Kier molecular flexibility index (Phi) is 5.70. The van der Waals surface area contributed by atoms with Crippen molar-refractivity contribution in [3.05, 3.63) is 106 Å². The summed E-state index contributed by atoms with van der Waals surface area (Å²) in [6.45, 7) is 1.94. The van der Waals surface area contributed by atoms with E-state index < -0.39 is 0 Å². The molecule has 33 heavy (non-hydrogen) atoms. The van der Waals surface area contributed by atoms with E-state index in [0.717, 1.165) is 32.1 Å². The zero-order valence-electron chi connectivity index (χ0n) is 17.6. The topological polar surface area (TPSA) is 59.8 Å². The van der Waals surface area contributed by atoms with Gasteiger partial charge in [0.2, 0.25) is 5.82 Å². The molecule has 1 N–H and O–H groups in total. The van der Waals surface area contributed by atoms with Crippen molar-refractivity contribution in [2.75, 3.05) is 5.32 Å². The molecule has 0 fully saturated rings. The third-order valence-corrected chi connectivity index (χ3v) is 6.29. The lowest BCUT2D eigenvalue weighted by Gasteiger charge is -2.08. The fraction of sp³-hybridized carbons (Fsp3) is 0.0385. The molecule has 4 aromatic carbocycles. The number of rotatable bonds is 4. The highest BCUT2D eigenvalue weighted by Crippen LogP contribution is 2.27. The Morgan fingerprint density at radius 2 is 1.73 bits per heavy atom. The average molecular weight is 518 g/mol. The molecule has 5 rings (SSSR count). The summed E-state index contributed by atoms with van der Waals surface area (Å²) < 4.78 is 2.59. The lowest BCUT2D eigenvalue weighted by Crippen LogP contribution is -2.14. The quantitative estimate of drug-likeness (QED) is 0.277. The zero-order chi connectivity index (χ0) is 22.9. The number of anilines is 1. The molecule has 1 heterocycles. The predicted molar refractivity (Wildman–Crippen MR) is 136 cm³/mol. The summed E-state index contributed by atoms with van der Waals surface area (Å²) in [5.41, 5.74) is 3.21. The summed E-state index contributed by atoms with van der Waals surface area (Å²) in [4.78, 5) is 17.8. The van der Waals surface area contributed by atoms with Gasteiger partial charge in [0.05, 0.1) is 5.69 Å². The fourth-order valence-corrected chi connectivity index (χ4v) is 4.04. The third kappa shape index (κ3) is 4.27. The number of benzene rings is 4. The van der Waals surface area contributed by atoms with Gasteiger partial charge in [0, 0.05) is 26.1 Å². The van der Waals surface area contributed by atoms with Gasteiger partial charge in [-0.1, -0.05) is 82.1 Å². The van der Waals surface area contributed by atoms with E-state index in [1.54, 1.807) is 4.68 Å². The van der Waals surface area contributed by atoms with Crippen molar-refractivity contribution in [2.45, 2.75) is 6.92 Å². The van der Waals surface area contributed by atoms with Gasteiger partial charge in [-0.3, -0.25) is 4.79 Å². The van der Waals surface area contributed by atoms with E-state index in [1.165, 1.54) is 0 Å². The van der Waals surface area contributed by atoms with E-state index in [0.29, 0.717) is 16.5 Å². The molecule has 0 aliphatic rings. The van der Waals surface area contributed by atoms with Crippen LogP contribution >= 0.6 is 27.5 Å². The number of aryl methyl sites for hydroxylation is 1. The van der Waals surface area contributed by atoms with Crippen LogP contribution in [0.4, 0.5) is 5.69 Å². The van der Waals surface area contributed by atoms with E-state index >= 15 is 0 Å². The first-order valence-corrected chi connectivity index (χ1v) is 11.5. The molecule has 1 aromatic heterocycles. The minimum absolute atomic E-state index is 0.0672. The molecule has 0 spiro atoms. The second-order valence-electron chi connectivity index (χ2n) is 7.59. The van der Waals surface area contributed by atoms with Gasteiger partial charge in [0.1, 0.15) is 0 Å². The average Bonchev–Trinajstić information content (AvgIpc) is 3.27. The Balaban J connectivity index is 1.58. The summed E-state index contributed by atoms with van der Waals surface area (Å²) in [5, 5.41) is 10.1. The lowest BCUT2D eigenvalue weighted by molar-refractivity contribution is 0.101. The third-order valence-electron chi connectivity index (χ3n) is 5.35. The molecule has 0 saturated heterocycles. The van der Waals surface area contributed by atoms with Crippen LogP contribution in [0.15, 0.2) is 89.4 Å². The number of nitrogens with zero attached hydrogens (tertiary/aromatic N) is 3. The maximum Gasteiger partial charge on any atom is 0.295 e. The van der Waals surface area contributed by atoms with E-state index in [1.807, 2.05) is 91.9 Å². The Morgan fingerprint density at radius 1 is 0.970 bits per heavy atom. The molecule has 7 heteroatoms. The molecule has 5 nitrogen and oxygen atoms in total. The largest absolute Gasteiger partial charge is 0.319 e. The highest BCUT2D eigenvalue weighted by molar-refractivity contribution is 9.10. The minimum Gasteiger partial charge on any atom is -0.319 e. The van der Waals surface area contributed by atoms with E-state index in [9.17, 15) is 4.79 Å². The van der Waals surface area contributed by atoms with Gasteiger partial charge in [0.25, 0.3) is 5.91 Å². The minimum atomic E-state index is -0.387. The van der Waals surface area contributed by atoms with Crippen LogP contribution in [-0.2, 0) is 0 Å². The molecular formula is C26H18BrClN4O. The number of hydrogen-bond acceptors (Lipinski definition) is 3. The monoisotopic (exact) mass is 516 g/mol. The lowest BCUT2D eigenvalue weighted by atomic mass is 10.1. The number of hydrogen-bond donors (Lipinski definition) is 1. The molecule has 0 unspecified atom stereocenters. The van der Waals surface area contributed by atoms with Crippen LogP contribution in [-0.4, -0.2) is 20.7 Å². The zero-order valence-corrected chi connectivity index (χ0v) is 19.9. The van der Waals surface area contributed by atoms with Gasteiger partial charge in [-0.25, -0.2) is 9.67 Å². The fourth-order valence-electron chi connectivity index (χ4n) is 3.60. The number of aromatic nitrogens is 3. The van der Waals surface area contributed by atoms with Gasteiger partial charge in [-0.2, -0.15) is 0 Å². The van der Waals surface area contributed by atoms with Crippen LogP contribution in [0, 0.1) is 6.92 Å². The van der Waals surface area contributed by atoms with Crippen LogP contribution in [0.1, 0.15) is 16.2 Å². The molecule has 5 aromatic rings. The van der Waals surface area contributed by atoms with Gasteiger partial charge in [0.15, 0.2) is 5.82 Å². The second kappa shape index (κ2) is 8.81. The van der Waals surface area contributed by atoms with Crippen molar-refractivity contribution >= 4 is 49.9 Å². The highest BCUT2D eigenvalue weighted by Gasteiger charge is 2.20. The van der Waals surface area contributed by atoms with Crippen molar-refractivity contribution in [1.29, 1.82) is 0 Å². The first-order chi connectivity index (χ1) is 16.0. The van der Waals surface area contributed by atoms with Crippen molar-refractivity contribution in [3.8, 4) is 17.1 Å². The van der Waals surface area contributed by atoms with Crippen molar-refractivity contribution in [2.24, 2.45) is 0 Å². The van der Waals surface area contributed by atoms with Crippen LogP contribution in [0.5, 0.6) is 0 Å². The number of amides is 1. The molecule has 1 amide bonds. The first kappa shape index (κ1) is 21.4. The summed E-state index contributed by atoms with van der Waals surface area (Å²) in [6.07, 6.45) is 0. The van der Waals surface area contributed by atoms with E-state index in [-0.39, 0.29) is 11.7 Å². The summed E-state index contributed by atoms with van der Waals surface area (Å²) >= 11 is 9.83. The van der Waals surface area contributed by atoms with Crippen LogP contribution in [0.3, 0.4) is 0 Å². The Bertz CT molecular complexity index is 1490. The molecule has 0 radical (unpaired) electrons. The second-order valence-corrected chi connectivity index (χ2v) is 8.91. The molecule has 0 aliphatic carbocycles. The number of nitrogens with one attached hydrogen (secondary N) is 1. The number of carbonyl (C=O) groups excluding carboxylic acids is 1. The molecule has 0 bridgehead atoms. The maximum absolute atomic E-state index is 13.2. The van der Waals surface area contributed by atoms with Gasteiger partial charge >= 0.3 is 0 Å². The number of fused-ring (bicyclic) bond motifs is 1. The molecule has 0 atom stereocenters. The summed E-state index contributed by atoms with van der Waals surface area (Å²) in [5.74, 6) is 0.227. The number of carbonyl (C=O) groups is 1. The van der Waals surface area contributed by atoms with Gasteiger partial charge in [-0.05, 0) is 48.2 Å². The first-order valence-electron chi connectivity index (χ1n) is 10.3. The van der Waals surface area contributed by atoms with Gasteiger partial charge < -0.3 is 5.32 Å². The van der Waals surface area contributed by atoms with Crippen molar-refractivity contribution < 1.29 is 4.79 Å². The Labute approximate surface area is 204 Å². The van der Waals surface area contributed by atoms with Crippen molar-refractivity contribution in [1.82, 2.24) is 14.8 Å². The standard InChI is InChI=1S/C26H18BrClN4O/c1-16-9-14-20(15-22(16)28)32-25(18-10-12-19(27)13-11-18)30-24(31-32)26(33)29-23-8-4-6-17-5-2-3-7-21(17)23/h2-15H,1H3,(H,29,33). The smallest absolute Gasteiger partial charge is 0.295 e. The predicted octanol–water partition coefficient (Wildman–Crippen LogP) is 7.06. The van der Waals surface area contributed by atoms with E-state index in [2.05, 4.69) is 31.3 Å². The van der Waals surface area contributed by atoms with Crippen LogP contribution < -0.4 is 5.32 Å². The maximum atomic E-state index is 13.2. The molecular weight excluding hydrogens is 500 g/mol. The Morgan fingerprint density at radius 3 is 2.52 bits per heavy atom. The van der Waals surface area contributed by atoms with E-state index in [4.69, 9.17) is 11.6 Å². The summed E-state index contributed by atoms with van der Waals surface area (Å²) in [6, 6.07) is 27.0. The van der Waals surface area contributed by atoms with Gasteiger partial charge in [-0.15, -0.1) is 5.10 Å². The normalized spacial score (nSPS) is 11.0. The molecule has 0 aliphatic heterocycles. The Hall–Kier alpha value is -3.48.